The lowest BCUT2D eigenvalue weighted by atomic mass is 10.0. The second-order valence-corrected chi connectivity index (χ2v) is 6.03. The average molecular weight is 343 g/mol. The normalized spacial score (nSPS) is 27.0. The lowest BCUT2D eigenvalue weighted by Gasteiger charge is -2.33. The summed E-state index contributed by atoms with van der Waals surface area (Å²) in [4.78, 5) is 25.0. The Morgan fingerprint density at radius 1 is 1.29 bits per heavy atom. The van der Waals surface area contributed by atoms with Crippen LogP contribution in [0.15, 0.2) is 24.3 Å². The molecule has 0 spiro atoms. The van der Waals surface area contributed by atoms with E-state index < -0.39 is 29.7 Å². The molecule has 0 bridgehead atoms. The summed E-state index contributed by atoms with van der Waals surface area (Å²) in [6.07, 6.45) is -3.99. The summed E-state index contributed by atoms with van der Waals surface area (Å²) >= 11 is 0. The maximum Gasteiger partial charge on any atom is 0.416 e. The molecule has 1 saturated heterocycles. The van der Waals surface area contributed by atoms with Crippen LogP contribution in [0.4, 0.5) is 13.2 Å². The van der Waals surface area contributed by atoms with E-state index in [0.29, 0.717) is 12.0 Å². The van der Waals surface area contributed by atoms with Gasteiger partial charge in [-0.05, 0) is 24.0 Å². The fourth-order valence-electron chi connectivity index (χ4n) is 3.07. The SMILES string of the molecule is O=C(O)[C@@H]1COCCN1C(=O)[C@H]1C[C@H]1c1cccc(C(F)(F)F)c1. The second-order valence-electron chi connectivity index (χ2n) is 6.03. The fourth-order valence-corrected chi connectivity index (χ4v) is 3.07. The van der Waals surface area contributed by atoms with Gasteiger partial charge in [0.05, 0.1) is 18.8 Å². The van der Waals surface area contributed by atoms with Gasteiger partial charge in [-0.15, -0.1) is 0 Å². The topological polar surface area (TPSA) is 66.8 Å². The van der Waals surface area contributed by atoms with E-state index in [-0.39, 0.29) is 31.6 Å². The number of halogens is 3. The van der Waals surface area contributed by atoms with Gasteiger partial charge in [0.1, 0.15) is 0 Å². The van der Waals surface area contributed by atoms with Crippen molar-refractivity contribution in [2.45, 2.75) is 24.6 Å². The third-order valence-corrected chi connectivity index (χ3v) is 4.45. The van der Waals surface area contributed by atoms with E-state index in [1.54, 1.807) is 6.07 Å². The molecule has 1 aliphatic heterocycles. The van der Waals surface area contributed by atoms with Crippen molar-refractivity contribution >= 4 is 11.9 Å². The highest BCUT2D eigenvalue weighted by Crippen LogP contribution is 2.49. The summed E-state index contributed by atoms with van der Waals surface area (Å²) in [5, 5.41) is 9.17. The predicted molar refractivity (Wildman–Crippen MR) is 76.2 cm³/mol. The highest BCUT2D eigenvalue weighted by Gasteiger charge is 2.48. The first-order chi connectivity index (χ1) is 11.3. The molecular weight excluding hydrogens is 327 g/mol. The molecule has 3 atom stereocenters. The van der Waals surface area contributed by atoms with Gasteiger partial charge in [-0.3, -0.25) is 4.79 Å². The molecule has 2 fully saturated rings. The molecule has 1 aromatic carbocycles. The standard InChI is InChI=1S/C16H16F3NO4/c17-16(18,19)10-3-1-2-9(6-10)11-7-12(11)14(21)20-4-5-24-8-13(20)15(22)23/h1-3,6,11-13H,4-5,7-8H2,(H,22,23)/t11-,12-,13-/m0/s1. The Hall–Kier alpha value is -2.09. The van der Waals surface area contributed by atoms with Gasteiger partial charge in [0.2, 0.25) is 5.91 Å². The summed E-state index contributed by atoms with van der Waals surface area (Å²) in [5.74, 6) is -2.22. The van der Waals surface area contributed by atoms with Crippen molar-refractivity contribution < 1.29 is 32.6 Å². The zero-order valence-corrected chi connectivity index (χ0v) is 12.6. The number of carbonyl (C=O) groups is 2. The zero-order valence-electron chi connectivity index (χ0n) is 12.6. The van der Waals surface area contributed by atoms with Crippen LogP contribution in [0.2, 0.25) is 0 Å². The van der Waals surface area contributed by atoms with Gasteiger partial charge in [-0.1, -0.05) is 18.2 Å². The molecule has 1 heterocycles. The summed E-state index contributed by atoms with van der Waals surface area (Å²) in [5.41, 5.74) is -0.281. The molecule has 0 radical (unpaired) electrons. The van der Waals surface area contributed by atoms with E-state index in [2.05, 4.69) is 0 Å². The number of morpholine rings is 1. The van der Waals surface area contributed by atoms with E-state index in [1.165, 1.54) is 11.0 Å². The van der Waals surface area contributed by atoms with E-state index in [9.17, 15) is 22.8 Å². The summed E-state index contributed by atoms with van der Waals surface area (Å²) < 4.78 is 43.4. The quantitative estimate of drug-likeness (QED) is 0.913. The average Bonchev–Trinajstić information content (AvgIpc) is 3.34. The molecule has 1 aromatic rings. The predicted octanol–water partition coefficient (Wildman–Crippen LogP) is 2.12. The number of nitrogens with zero attached hydrogens (tertiary/aromatic N) is 1. The third kappa shape index (κ3) is 3.24. The van der Waals surface area contributed by atoms with Crippen LogP contribution in [0.1, 0.15) is 23.5 Å². The molecule has 24 heavy (non-hydrogen) atoms. The first kappa shape index (κ1) is 16.8. The molecule has 0 aromatic heterocycles. The number of rotatable bonds is 3. The minimum atomic E-state index is -4.43. The zero-order chi connectivity index (χ0) is 17.5. The van der Waals surface area contributed by atoms with Crippen molar-refractivity contribution in [3.05, 3.63) is 35.4 Å². The van der Waals surface area contributed by atoms with Crippen LogP contribution in [-0.2, 0) is 20.5 Å². The lowest BCUT2D eigenvalue weighted by molar-refractivity contribution is -0.158. The molecule has 130 valence electrons. The van der Waals surface area contributed by atoms with Gasteiger partial charge in [0, 0.05) is 12.5 Å². The Morgan fingerprint density at radius 2 is 2.04 bits per heavy atom. The van der Waals surface area contributed by atoms with Gasteiger partial charge < -0.3 is 14.7 Å². The van der Waals surface area contributed by atoms with Crippen LogP contribution in [0.25, 0.3) is 0 Å². The highest BCUT2D eigenvalue weighted by atomic mass is 19.4. The van der Waals surface area contributed by atoms with E-state index in [0.717, 1.165) is 12.1 Å². The number of hydrogen-bond acceptors (Lipinski definition) is 3. The summed E-state index contributed by atoms with van der Waals surface area (Å²) in [7, 11) is 0. The Balaban J connectivity index is 1.73. The number of amides is 1. The largest absolute Gasteiger partial charge is 0.480 e. The lowest BCUT2D eigenvalue weighted by Crippen LogP contribution is -2.53. The number of benzene rings is 1. The Kier molecular flexibility index (Phi) is 4.25. The minimum absolute atomic E-state index is 0.0674. The molecule has 2 aliphatic rings. The van der Waals surface area contributed by atoms with Crippen molar-refractivity contribution in [3.63, 3.8) is 0 Å². The van der Waals surface area contributed by atoms with Crippen LogP contribution in [-0.4, -0.2) is 47.7 Å². The Bertz CT molecular complexity index is 661. The van der Waals surface area contributed by atoms with Gasteiger partial charge in [0.25, 0.3) is 0 Å². The van der Waals surface area contributed by atoms with Gasteiger partial charge >= 0.3 is 12.1 Å². The van der Waals surface area contributed by atoms with Gasteiger partial charge in [-0.2, -0.15) is 13.2 Å². The maximum atomic E-state index is 12.8. The number of carboxylic acid groups (broad SMARTS) is 1. The number of aliphatic carboxylic acids is 1. The molecule has 0 unspecified atom stereocenters. The molecule has 3 rings (SSSR count). The molecule has 8 heteroatoms. The first-order valence-corrected chi connectivity index (χ1v) is 7.57. The third-order valence-electron chi connectivity index (χ3n) is 4.45. The van der Waals surface area contributed by atoms with Gasteiger partial charge in [0.15, 0.2) is 6.04 Å². The molecule has 1 amide bonds. The van der Waals surface area contributed by atoms with E-state index in [1.807, 2.05) is 0 Å². The van der Waals surface area contributed by atoms with E-state index >= 15 is 0 Å². The molecule has 5 nitrogen and oxygen atoms in total. The number of ether oxygens (including phenoxy) is 1. The van der Waals surface area contributed by atoms with Crippen LogP contribution >= 0.6 is 0 Å². The minimum Gasteiger partial charge on any atom is -0.480 e. The molecule has 1 N–H and O–H groups in total. The number of carboxylic acids is 1. The smallest absolute Gasteiger partial charge is 0.416 e. The molecule has 1 saturated carbocycles. The number of carbonyl (C=O) groups excluding carboxylic acids is 1. The van der Waals surface area contributed by atoms with Crippen molar-refractivity contribution in [1.29, 1.82) is 0 Å². The first-order valence-electron chi connectivity index (χ1n) is 7.57. The van der Waals surface area contributed by atoms with Crippen molar-refractivity contribution in [2.75, 3.05) is 19.8 Å². The van der Waals surface area contributed by atoms with Crippen LogP contribution in [0.5, 0.6) is 0 Å². The Morgan fingerprint density at radius 3 is 2.71 bits per heavy atom. The molecular formula is C16H16F3NO4. The monoisotopic (exact) mass is 343 g/mol. The summed E-state index contributed by atoms with van der Waals surface area (Å²) in [6, 6.07) is 3.92. The van der Waals surface area contributed by atoms with Crippen molar-refractivity contribution in [1.82, 2.24) is 4.90 Å². The van der Waals surface area contributed by atoms with Crippen molar-refractivity contribution in [3.8, 4) is 0 Å². The van der Waals surface area contributed by atoms with Crippen molar-refractivity contribution in [2.24, 2.45) is 5.92 Å². The van der Waals surface area contributed by atoms with Gasteiger partial charge in [-0.25, -0.2) is 4.79 Å². The van der Waals surface area contributed by atoms with Crippen LogP contribution < -0.4 is 0 Å². The fraction of sp³-hybridized carbons (Fsp3) is 0.500. The number of alkyl halides is 3. The van der Waals surface area contributed by atoms with Crippen LogP contribution in [0.3, 0.4) is 0 Å². The number of hydrogen-bond donors (Lipinski definition) is 1. The second kappa shape index (κ2) is 6.08. The highest BCUT2D eigenvalue weighted by molar-refractivity contribution is 5.88. The summed E-state index contributed by atoms with van der Waals surface area (Å²) in [6.45, 7) is 0.375. The van der Waals surface area contributed by atoms with Crippen LogP contribution in [0, 0.1) is 5.92 Å². The van der Waals surface area contributed by atoms with E-state index in [4.69, 9.17) is 9.84 Å². The Labute approximate surface area is 136 Å². The maximum absolute atomic E-state index is 12.8. The molecule has 1 aliphatic carbocycles.